The van der Waals surface area contributed by atoms with E-state index in [2.05, 4.69) is 41.6 Å². The molecule has 1 aromatic rings. The van der Waals surface area contributed by atoms with E-state index in [1.807, 2.05) is 11.3 Å². The Labute approximate surface area is 103 Å². The van der Waals surface area contributed by atoms with Crippen molar-refractivity contribution in [2.45, 2.75) is 45.3 Å². The molecule has 1 fully saturated rings. The van der Waals surface area contributed by atoms with Crippen molar-refractivity contribution >= 4 is 11.3 Å². The third-order valence-corrected chi connectivity index (χ3v) is 4.15. The van der Waals surface area contributed by atoms with Gasteiger partial charge < -0.3 is 5.32 Å². The Morgan fingerprint density at radius 2 is 2.44 bits per heavy atom. The summed E-state index contributed by atoms with van der Waals surface area (Å²) in [6.45, 7) is 8.09. The zero-order valence-corrected chi connectivity index (χ0v) is 11.1. The van der Waals surface area contributed by atoms with E-state index in [1.165, 1.54) is 30.8 Å². The van der Waals surface area contributed by atoms with E-state index in [9.17, 15) is 0 Å². The molecule has 0 aliphatic carbocycles. The van der Waals surface area contributed by atoms with E-state index in [-0.39, 0.29) is 0 Å². The number of hydrogen-bond donors (Lipinski definition) is 1. The zero-order chi connectivity index (χ0) is 11.4. The van der Waals surface area contributed by atoms with Gasteiger partial charge in [0.05, 0.1) is 0 Å². The van der Waals surface area contributed by atoms with Gasteiger partial charge in [0.1, 0.15) is 0 Å². The van der Waals surface area contributed by atoms with Crippen molar-refractivity contribution in [1.82, 2.24) is 10.2 Å². The average molecular weight is 238 g/mol. The Morgan fingerprint density at radius 3 is 3.00 bits per heavy atom. The maximum absolute atomic E-state index is 3.58. The van der Waals surface area contributed by atoms with E-state index >= 15 is 0 Å². The lowest BCUT2D eigenvalue weighted by molar-refractivity contribution is 0.196. The van der Waals surface area contributed by atoms with Crippen molar-refractivity contribution < 1.29 is 0 Å². The fraction of sp³-hybridized carbons (Fsp3) is 0.692. The molecule has 2 heterocycles. The van der Waals surface area contributed by atoms with Gasteiger partial charge in [0.2, 0.25) is 0 Å². The summed E-state index contributed by atoms with van der Waals surface area (Å²) in [5.41, 5.74) is 0. The van der Waals surface area contributed by atoms with Gasteiger partial charge in [-0.25, -0.2) is 0 Å². The van der Waals surface area contributed by atoms with E-state index in [4.69, 9.17) is 0 Å². The molecular weight excluding hydrogens is 216 g/mol. The molecule has 0 spiro atoms. The molecule has 0 amide bonds. The van der Waals surface area contributed by atoms with E-state index in [1.54, 1.807) is 0 Å². The van der Waals surface area contributed by atoms with Crippen LogP contribution in [-0.4, -0.2) is 30.1 Å². The maximum Gasteiger partial charge on any atom is 0.0331 e. The lowest BCUT2D eigenvalue weighted by Gasteiger charge is -2.28. The van der Waals surface area contributed by atoms with Crippen LogP contribution in [0.4, 0.5) is 0 Å². The van der Waals surface area contributed by atoms with Gasteiger partial charge in [-0.15, -0.1) is 11.3 Å². The van der Waals surface area contributed by atoms with Crippen molar-refractivity contribution in [3.8, 4) is 0 Å². The third kappa shape index (κ3) is 3.30. The van der Waals surface area contributed by atoms with Crippen molar-refractivity contribution in [1.29, 1.82) is 0 Å². The second kappa shape index (κ2) is 5.80. The fourth-order valence-electron chi connectivity index (χ4n) is 2.26. The molecule has 2 nitrogen and oxygen atoms in total. The third-order valence-electron chi connectivity index (χ3n) is 3.29. The highest BCUT2D eigenvalue weighted by Crippen LogP contribution is 2.16. The molecule has 3 heteroatoms. The first kappa shape index (κ1) is 12.1. The Balaban J connectivity index is 1.89. The van der Waals surface area contributed by atoms with Gasteiger partial charge in [0.15, 0.2) is 0 Å². The summed E-state index contributed by atoms with van der Waals surface area (Å²) in [7, 11) is 0. The molecule has 0 saturated carbocycles. The minimum atomic E-state index is 0.629. The van der Waals surface area contributed by atoms with Crippen LogP contribution in [0, 0.1) is 0 Å². The van der Waals surface area contributed by atoms with Crippen molar-refractivity contribution in [3.05, 3.63) is 22.4 Å². The van der Waals surface area contributed by atoms with Crippen LogP contribution in [0.15, 0.2) is 17.5 Å². The second-order valence-electron chi connectivity index (χ2n) is 4.90. The van der Waals surface area contributed by atoms with Gasteiger partial charge in [-0.1, -0.05) is 6.07 Å². The molecule has 2 rings (SSSR count). The Hall–Kier alpha value is -0.380. The normalized spacial score (nSPS) is 21.1. The predicted molar refractivity (Wildman–Crippen MR) is 70.9 cm³/mol. The lowest BCUT2D eigenvalue weighted by Crippen LogP contribution is -2.40. The number of thiophene rings is 1. The highest BCUT2D eigenvalue weighted by molar-refractivity contribution is 7.09. The first-order chi connectivity index (χ1) is 7.75. The summed E-state index contributed by atoms with van der Waals surface area (Å²) < 4.78 is 0. The van der Waals surface area contributed by atoms with Crippen molar-refractivity contribution in [2.75, 3.05) is 13.1 Å². The van der Waals surface area contributed by atoms with Gasteiger partial charge >= 0.3 is 0 Å². The summed E-state index contributed by atoms with van der Waals surface area (Å²) in [5.74, 6) is 0. The minimum Gasteiger partial charge on any atom is -0.313 e. The van der Waals surface area contributed by atoms with Crippen molar-refractivity contribution in [2.24, 2.45) is 0 Å². The largest absolute Gasteiger partial charge is 0.313 e. The quantitative estimate of drug-likeness (QED) is 0.848. The molecule has 0 unspecified atom stereocenters. The molecule has 1 atom stereocenters. The van der Waals surface area contributed by atoms with Crippen LogP contribution < -0.4 is 5.32 Å². The van der Waals surface area contributed by atoms with Gasteiger partial charge in [-0.05, 0) is 44.7 Å². The number of hydrogen-bond acceptors (Lipinski definition) is 3. The summed E-state index contributed by atoms with van der Waals surface area (Å²) in [5, 5.41) is 5.75. The van der Waals surface area contributed by atoms with Gasteiger partial charge in [-0.3, -0.25) is 4.90 Å². The zero-order valence-electron chi connectivity index (χ0n) is 10.3. The van der Waals surface area contributed by atoms with Crippen LogP contribution in [0.25, 0.3) is 0 Å². The van der Waals surface area contributed by atoms with Crippen LogP contribution in [0.1, 0.15) is 31.6 Å². The lowest BCUT2D eigenvalue weighted by atomic mass is 10.2. The smallest absolute Gasteiger partial charge is 0.0331 e. The van der Waals surface area contributed by atoms with Gasteiger partial charge in [0, 0.05) is 30.1 Å². The number of rotatable bonds is 5. The highest BCUT2D eigenvalue weighted by Gasteiger charge is 2.19. The van der Waals surface area contributed by atoms with Crippen LogP contribution in [0.5, 0.6) is 0 Å². The maximum atomic E-state index is 3.58. The Morgan fingerprint density at radius 1 is 1.56 bits per heavy atom. The molecule has 0 aromatic carbocycles. The van der Waals surface area contributed by atoms with E-state index < -0.39 is 0 Å². The molecule has 90 valence electrons. The van der Waals surface area contributed by atoms with E-state index in [0.29, 0.717) is 12.1 Å². The first-order valence-electron chi connectivity index (χ1n) is 6.25. The van der Waals surface area contributed by atoms with Gasteiger partial charge in [0.25, 0.3) is 0 Å². The van der Waals surface area contributed by atoms with Crippen LogP contribution >= 0.6 is 11.3 Å². The van der Waals surface area contributed by atoms with E-state index in [0.717, 1.165) is 6.54 Å². The number of nitrogens with zero attached hydrogens (tertiary/aromatic N) is 1. The standard InChI is InChI=1S/C13H22N2S/c1-11(2)15(9-12-5-3-7-14-12)10-13-6-4-8-16-13/h4,6,8,11-12,14H,3,5,7,9-10H2,1-2H3/t12-/m1/s1. The van der Waals surface area contributed by atoms with Crippen LogP contribution in [0.3, 0.4) is 0 Å². The second-order valence-corrected chi connectivity index (χ2v) is 5.93. The molecule has 0 bridgehead atoms. The monoisotopic (exact) mass is 238 g/mol. The molecule has 0 radical (unpaired) electrons. The molecular formula is C13H22N2S. The highest BCUT2D eigenvalue weighted by atomic mass is 32.1. The fourth-order valence-corrected chi connectivity index (χ4v) is 2.99. The topological polar surface area (TPSA) is 15.3 Å². The van der Waals surface area contributed by atoms with Crippen molar-refractivity contribution in [3.63, 3.8) is 0 Å². The Kier molecular flexibility index (Phi) is 4.38. The van der Waals surface area contributed by atoms with Gasteiger partial charge in [-0.2, -0.15) is 0 Å². The summed E-state index contributed by atoms with van der Waals surface area (Å²) in [6.07, 6.45) is 2.68. The molecule has 1 aliphatic rings. The number of nitrogens with one attached hydrogen (secondary N) is 1. The summed E-state index contributed by atoms with van der Waals surface area (Å²) in [6, 6.07) is 5.72. The minimum absolute atomic E-state index is 0.629. The molecule has 1 aliphatic heterocycles. The molecule has 16 heavy (non-hydrogen) atoms. The summed E-state index contributed by atoms with van der Waals surface area (Å²) in [4.78, 5) is 4.06. The SMILES string of the molecule is CC(C)N(Cc1cccs1)C[C@H]1CCCN1. The molecule has 1 aromatic heterocycles. The first-order valence-corrected chi connectivity index (χ1v) is 7.13. The average Bonchev–Trinajstić information content (AvgIpc) is 2.88. The molecule has 1 saturated heterocycles. The predicted octanol–water partition coefficient (Wildman–Crippen LogP) is 2.71. The van der Waals surface area contributed by atoms with Crippen LogP contribution in [-0.2, 0) is 6.54 Å². The summed E-state index contributed by atoms with van der Waals surface area (Å²) >= 11 is 1.86. The Bertz CT molecular complexity index is 289. The van der Waals surface area contributed by atoms with Crippen LogP contribution in [0.2, 0.25) is 0 Å². The molecule has 1 N–H and O–H groups in total.